The lowest BCUT2D eigenvalue weighted by atomic mass is 9.97. The molecule has 0 spiro atoms. The number of benzene rings is 1. The van der Waals surface area contributed by atoms with Gasteiger partial charge in [-0.1, -0.05) is 6.07 Å². The van der Waals surface area contributed by atoms with Gasteiger partial charge >= 0.3 is 0 Å². The molecule has 1 aliphatic rings. The molecule has 1 aromatic carbocycles. The molecule has 0 aliphatic heterocycles. The quantitative estimate of drug-likeness (QED) is 0.854. The molecule has 3 heteroatoms. The maximum Gasteiger partial charge on any atom is 0.119 e. The standard InChI is InChI=1S/C16H26N2O/c1-16(12-17,18(2)3)9-10-19-15-8-7-13-5-4-6-14(13)11-15/h7-8,11H,4-6,9-10,12,17H2,1-3H3. The Morgan fingerprint density at radius 1 is 1.26 bits per heavy atom. The van der Waals surface area contributed by atoms with E-state index in [2.05, 4.69) is 44.1 Å². The van der Waals surface area contributed by atoms with E-state index >= 15 is 0 Å². The molecule has 2 rings (SSSR count). The largest absolute Gasteiger partial charge is 0.494 e. The number of nitrogens with zero attached hydrogens (tertiary/aromatic N) is 1. The van der Waals surface area contributed by atoms with Crippen LogP contribution in [-0.2, 0) is 12.8 Å². The van der Waals surface area contributed by atoms with Gasteiger partial charge in [0, 0.05) is 18.5 Å². The SMILES string of the molecule is CN(C)C(C)(CN)CCOc1ccc2c(c1)CCC2. The van der Waals surface area contributed by atoms with E-state index in [9.17, 15) is 0 Å². The predicted molar refractivity (Wildman–Crippen MR) is 79.7 cm³/mol. The topological polar surface area (TPSA) is 38.5 Å². The summed E-state index contributed by atoms with van der Waals surface area (Å²) in [7, 11) is 4.14. The smallest absolute Gasteiger partial charge is 0.119 e. The van der Waals surface area contributed by atoms with Crippen LogP contribution in [0.25, 0.3) is 0 Å². The zero-order chi connectivity index (χ0) is 13.9. The van der Waals surface area contributed by atoms with Crippen molar-refractivity contribution >= 4 is 0 Å². The second-order valence-electron chi connectivity index (χ2n) is 5.98. The normalized spacial score (nSPS) is 17.3. The molecule has 1 atom stereocenters. The first-order chi connectivity index (χ1) is 9.05. The number of likely N-dealkylation sites (N-methyl/N-ethyl adjacent to an activating group) is 1. The third-order valence-electron chi connectivity index (χ3n) is 4.50. The highest BCUT2D eigenvalue weighted by Crippen LogP contribution is 2.26. The number of ether oxygens (including phenoxy) is 1. The van der Waals surface area contributed by atoms with Crippen molar-refractivity contribution in [3.05, 3.63) is 29.3 Å². The zero-order valence-electron chi connectivity index (χ0n) is 12.4. The molecule has 1 unspecified atom stereocenters. The molecule has 0 heterocycles. The molecule has 19 heavy (non-hydrogen) atoms. The number of aryl methyl sites for hydroxylation is 2. The molecular formula is C16H26N2O. The summed E-state index contributed by atoms with van der Waals surface area (Å²) < 4.78 is 5.90. The highest BCUT2D eigenvalue weighted by Gasteiger charge is 2.24. The minimum atomic E-state index is 0.0106. The van der Waals surface area contributed by atoms with Gasteiger partial charge in [-0.25, -0.2) is 0 Å². The number of hydrogen-bond acceptors (Lipinski definition) is 3. The summed E-state index contributed by atoms with van der Waals surface area (Å²) in [6.07, 6.45) is 4.64. The third kappa shape index (κ3) is 3.28. The summed E-state index contributed by atoms with van der Waals surface area (Å²) in [5.41, 5.74) is 8.83. The van der Waals surface area contributed by atoms with E-state index in [0.717, 1.165) is 12.2 Å². The van der Waals surface area contributed by atoms with E-state index in [-0.39, 0.29) is 5.54 Å². The zero-order valence-corrected chi connectivity index (χ0v) is 12.4. The van der Waals surface area contributed by atoms with Gasteiger partial charge in [-0.2, -0.15) is 0 Å². The van der Waals surface area contributed by atoms with Crippen LogP contribution in [0.1, 0.15) is 30.9 Å². The van der Waals surface area contributed by atoms with Gasteiger partial charge in [-0.3, -0.25) is 0 Å². The highest BCUT2D eigenvalue weighted by atomic mass is 16.5. The molecule has 0 amide bonds. The van der Waals surface area contributed by atoms with Crippen LogP contribution >= 0.6 is 0 Å². The first kappa shape index (κ1) is 14.4. The van der Waals surface area contributed by atoms with Crippen LogP contribution in [0.2, 0.25) is 0 Å². The van der Waals surface area contributed by atoms with Crippen LogP contribution in [0.5, 0.6) is 5.75 Å². The average molecular weight is 262 g/mol. The van der Waals surface area contributed by atoms with Crippen molar-refractivity contribution in [2.45, 2.75) is 38.1 Å². The Balaban J connectivity index is 1.89. The van der Waals surface area contributed by atoms with Gasteiger partial charge in [0.15, 0.2) is 0 Å². The Labute approximate surface area is 116 Å². The molecule has 0 radical (unpaired) electrons. The minimum absolute atomic E-state index is 0.0106. The van der Waals surface area contributed by atoms with Crippen molar-refractivity contribution in [3.8, 4) is 5.75 Å². The molecule has 1 aliphatic carbocycles. The second-order valence-corrected chi connectivity index (χ2v) is 5.98. The second kappa shape index (κ2) is 5.93. The molecule has 3 nitrogen and oxygen atoms in total. The minimum Gasteiger partial charge on any atom is -0.494 e. The average Bonchev–Trinajstić information content (AvgIpc) is 2.85. The summed E-state index contributed by atoms with van der Waals surface area (Å²) in [4.78, 5) is 2.18. The van der Waals surface area contributed by atoms with Gasteiger partial charge in [0.25, 0.3) is 0 Å². The van der Waals surface area contributed by atoms with E-state index < -0.39 is 0 Å². The maximum absolute atomic E-state index is 5.90. The number of hydrogen-bond donors (Lipinski definition) is 1. The Morgan fingerprint density at radius 2 is 2.00 bits per heavy atom. The van der Waals surface area contributed by atoms with Crippen LogP contribution < -0.4 is 10.5 Å². The summed E-state index contributed by atoms with van der Waals surface area (Å²) >= 11 is 0. The van der Waals surface area contributed by atoms with Crippen molar-refractivity contribution in [1.82, 2.24) is 4.90 Å². The Morgan fingerprint density at radius 3 is 2.68 bits per heavy atom. The summed E-state index contributed by atoms with van der Waals surface area (Å²) in [5, 5.41) is 0. The molecule has 0 bridgehead atoms. The third-order valence-corrected chi connectivity index (χ3v) is 4.50. The lowest BCUT2D eigenvalue weighted by Crippen LogP contribution is -2.48. The first-order valence-electron chi connectivity index (χ1n) is 7.17. The van der Waals surface area contributed by atoms with E-state index in [1.807, 2.05) is 0 Å². The molecule has 0 fully saturated rings. The van der Waals surface area contributed by atoms with Crippen molar-refractivity contribution in [2.75, 3.05) is 27.2 Å². The van der Waals surface area contributed by atoms with Gasteiger partial charge in [-0.05, 0) is 63.5 Å². The fourth-order valence-corrected chi connectivity index (χ4v) is 2.53. The van der Waals surface area contributed by atoms with E-state index in [4.69, 9.17) is 10.5 Å². The Bertz CT molecular complexity index is 431. The number of fused-ring (bicyclic) bond motifs is 1. The molecule has 2 N–H and O–H groups in total. The fourth-order valence-electron chi connectivity index (χ4n) is 2.53. The lowest BCUT2D eigenvalue weighted by molar-refractivity contribution is 0.139. The van der Waals surface area contributed by atoms with Gasteiger partial charge < -0.3 is 15.4 Å². The van der Waals surface area contributed by atoms with Gasteiger partial charge in [0.2, 0.25) is 0 Å². The van der Waals surface area contributed by atoms with Crippen LogP contribution in [0.3, 0.4) is 0 Å². The summed E-state index contributed by atoms with van der Waals surface area (Å²) in [6.45, 7) is 3.54. The van der Waals surface area contributed by atoms with Crippen molar-refractivity contribution < 1.29 is 4.74 Å². The summed E-state index contributed by atoms with van der Waals surface area (Å²) in [5.74, 6) is 0.999. The van der Waals surface area contributed by atoms with Crippen LogP contribution in [-0.4, -0.2) is 37.7 Å². The fraction of sp³-hybridized carbons (Fsp3) is 0.625. The number of rotatable bonds is 6. The molecule has 0 saturated carbocycles. The van der Waals surface area contributed by atoms with Crippen molar-refractivity contribution in [1.29, 1.82) is 0 Å². The molecule has 0 aromatic heterocycles. The van der Waals surface area contributed by atoms with Gasteiger partial charge in [0.1, 0.15) is 5.75 Å². The molecular weight excluding hydrogens is 236 g/mol. The van der Waals surface area contributed by atoms with Crippen LogP contribution in [0, 0.1) is 0 Å². The van der Waals surface area contributed by atoms with E-state index in [0.29, 0.717) is 13.2 Å². The predicted octanol–water partition coefficient (Wildman–Crippen LogP) is 2.22. The Hall–Kier alpha value is -1.06. The highest BCUT2D eigenvalue weighted by molar-refractivity contribution is 5.38. The van der Waals surface area contributed by atoms with E-state index in [1.54, 1.807) is 0 Å². The van der Waals surface area contributed by atoms with Gasteiger partial charge in [-0.15, -0.1) is 0 Å². The molecule has 106 valence electrons. The Kier molecular flexibility index (Phi) is 4.48. The monoisotopic (exact) mass is 262 g/mol. The van der Waals surface area contributed by atoms with Crippen LogP contribution in [0.4, 0.5) is 0 Å². The molecule has 0 saturated heterocycles. The van der Waals surface area contributed by atoms with Crippen molar-refractivity contribution in [3.63, 3.8) is 0 Å². The van der Waals surface area contributed by atoms with Crippen molar-refractivity contribution in [2.24, 2.45) is 5.73 Å². The number of nitrogens with two attached hydrogens (primary N) is 1. The lowest BCUT2D eigenvalue weighted by Gasteiger charge is -2.35. The summed E-state index contributed by atoms with van der Waals surface area (Å²) in [6, 6.07) is 6.52. The van der Waals surface area contributed by atoms with Gasteiger partial charge in [0.05, 0.1) is 6.61 Å². The first-order valence-corrected chi connectivity index (χ1v) is 7.17. The van der Waals surface area contributed by atoms with E-state index in [1.165, 1.54) is 30.4 Å². The van der Waals surface area contributed by atoms with Crippen LogP contribution in [0.15, 0.2) is 18.2 Å². The maximum atomic E-state index is 5.90. The molecule has 1 aromatic rings.